The molecule has 8 nitrogen and oxygen atoms in total. The predicted molar refractivity (Wildman–Crippen MR) is 88.3 cm³/mol. The van der Waals surface area contributed by atoms with E-state index in [1.54, 1.807) is 32.9 Å². The molecule has 0 saturated carbocycles. The van der Waals surface area contributed by atoms with Gasteiger partial charge in [0.15, 0.2) is 5.78 Å². The van der Waals surface area contributed by atoms with Gasteiger partial charge < -0.3 is 19.8 Å². The van der Waals surface area contributed by atoms with E-state index in [1.807, 2.05) is 0 Å². The summed E-state index contributed by atoms with van der Waals surface area (Å²) >= 11 is 0. The number of Topliss-reactive ketones (excluding diaryl/α,β-unsaturated/α-hetero) is 1. The average molecular weight is 339 g/mol. The first-order valence-corrected chi connectivity index (χ1v) is 7.56. The van der Waals surface area contributed by atoms with E-state index in [0.717, 1.165) is 0 Å². The van der Waals surface area contributed by atoms with Gasteiger partial charge in [-0.05, 0) is 26.5 Å². The largest absolute Gasteiger partial charge is 0.465 e. The standard InChI is InChI=1S/C16H25N3O5/c1-10-14(16(22)24-5)11(2)18-15(10)12(20)8-19(3)9-13(21)17-6-7-23-4/h18H,6-9H2,1-5H3,(H,17,21). The summed E-state index contributed by atoms with van der Waals surface area (Å²) in [5, 5.41) is 2.69. The molecule has 0 unspecified atom stereocenters. The van der Waals surface area contributed by atoms with E-state index in [1.165, 1.54) is 7.11 Å². The van der Waals surface area contributed by atoms with E-state index in [9.17, 15) is 14.4 Å². The van der Waals surface area contributed by atoms with Crippen molar-refractivity contribution in [3.8, 4) is 0 Å². The Morgan fingerprint density at radius 2 is 1.83 bits per heavy atom. The lowest BCUT2D eigenvalue weighted by atomic mass is 10.1. The summed E-state index contributed by atoms with van der Waals surface area (Å²) in [4.78, 5) is 40.4. The SMILES string of the molecule is COCCNC(=O)CN(C)CC(=O)c1[nH]c(C)c(C(=O)OC)c1C. The van der Waals surface area contributed by atoms with E-state index >= 15 is 0 Å². The van der Waals surface area contributed by atoms with Crippen molar-refractivity contribution < 1.29 is 23.9 Å². The second-order valence-corrected chi connectivity index (χ2v) is 5.55. The van der Waals surface area contributed by atoms with Gasteiger partial charge in [0.25, 0.3) is 0 Å². The van der Waals surface area contributed by atoms with Crippen LogP contribution >= 0.6 is 0 Å². The average Bonchev–Trinajstić information content (AvgIpc) is 2.81. The maximum Gasteiger partial charge on any atom is 0.339 e. The number of aryl methyl sites for hydroxylation is 1. The number of carbonyl (C=O) groups is 3. The first-order valence-electron chi connectivity index (χ1n) is 7.56. The number of hydrogen-bond donors (Lipinski definition) is 2. The molecule has 2 N–H and O–H groups in total. The highest BCUT2D eigenvalue weighted by Crippen LogP contribution is 2.19. The summed E-state index contributed by atoms with van der Waals surface area (Å²) in [6.45, 7) is 4.42. The third kappa shape index (κ3) is 5.17. The highest BCUT2D eigenvalue weighted by molar-refractivity contribution is 6.02. The monoisotopic (exact) mass is 339 g/mol. The number of nitrogens with zero attached hydrogens (tertiary/aromatic N) is 1. The van der Waals surface area contributed by atoms with Crippen LogP contribution in [-0.4, -0.2) is 75.1 Å². The number of nitrogens with one attached hydrogen (secondary N) is 2. The van der Waals surface area contributed by atoms with Gasteiger partial charge in [-0.3, -0.25) is 14.5 Å². The quantitative estimate of drug-likeness (QED) is 0.381. The Labute approximate surface area is 141 Å². The molecular weight excluding hydrogens is 314 g/mol. The minimum atomic E-state index is -0.480. The van der Waals surface area contributed by atoms with Crippen LogP contribution in [0.15, 0.2) is 0 Å². The Balaban J connectivity index is 2.68. The molecule has 24 heavy (non-hydrogen) atoms. The molecule has 0 aliphatic heterocycles. The number of ketones is 1. The van der Waals surface area contributed by atoms with Gasteiger partial charge in [0.05, 0.1) is 38.1 Å². The van der Waals surface area contributed by atoms with Crippen LogP contribution in [0.2, 0.25) is 0 Å². The number of rotatable bonds is 9. The molecule has 0 aliphatic rings. The van der Waals surface area contributed by atoms with Crippen LogP contribution in [0.5, 0.6) is 0 Å². The smallest absolute Gasteiger partial charge is 0.339 e. The van der Waals surface area contributed by atoms with Crippen molar-refractivity contribution in [2.75, 3.05) is 47.5 Å². The first kappa shape index (κ1) is 19.9. The zero-order valence-corrected chi connectivity index (χ0v) is 14.8. The molecule has 0 spiro atoms. The van der Waals surface area contributed by atoms with Gasteiger partial charge in [-0.1, -0.05) is 0 Å². The van der Waals surface area contributed by atoms with E-state index in [4.69, 9.17) is 9.47 Å². The number of aromatic nitrogens is 1. The molecule has 1 aromatic rings. The summed E-state index contributed by atoms with van der Waals surface area (Å²) in [5.41, 5.74) is 1.88. The Hall–Kier alpha value is -2.19. The van der Waals surface area contributed by atoms with Crippen LogP contribution in [0, 0.1) is 13.8 Å². The number of carbonyl (C=O) groups excluding carboxylic acids is 3. The number of hydrogen-bond acceptors (Lipinski definition) is 6. The second kappa shape index (κ2) is 9.19. The summed E-state index contributed by atoms with van der Waals surface area (Å²) in [5.74, 6) is -0.860. The van der Waals surface area contributed by atoms with Crippen molar-refractivity contribution in [2.24, 2.45) is 0 Å². The molecular formula is C16H25N3O5. The lowest BCUT2D eigenvalue weighted by Gasteiger charge is -2.15. The fourth-order valence-electron chi connectivity index (χ4n) is 2.41. The van der Waals surface area contributed by atoms with Crippen LogP contribution < -0.4 is 5.32 Å². The van der Waals surface area contributed by atoms with Gasteiger partial charge in [-0.2, -0.15) is 0 Å². The number of esters is 1. The van der Waals surface area contributed by atoms with Gasteiger partial charge >= 0.3 is 5.97 Å². The maximum absolute atomic E-state index is 12.4. The fourth-order valence-corrected chi connectivity index (χ4v) is 2.41. The first-order chi connectivity index (χ1) is 11.3. The topological polar surface area (TPSA) is 101 Å². The number of likely N-dealkylation sites (N-methyl/N-ethyl adjacent to an activating group) is 1. The van der Waals surface area contributed by atoms with Crippen molar-refractivity contribution in [3.63, 3.8) is 0 Å². The molecule has 0 aromatic carbocycles. The van der Waals surface area contributed by atoms with Crippen LogP contribution in [0.25, 0.3) is 0 Å². The molecule has 134 valence electrons. The minimum absolute atomic E-state index is 0.0547. The normalized spacial score (nSPS) is 10.8. The van der Waals surface area contributed by atoms with Gasteiger partial charge in [-0.15, -0.1) is 0 Å². The van der Waals surface area contributed by atoms with Gasteiger partial charge in [0.1, 0.15) is 0 Å². The van der Waals surface area contributed by atoms with Gasteiger partial charge in [0, 0.05) is 19.3 Å². The molecule has 1 rings (SSSR count). The Morgan fingerprint density at radius 3 is 2.42 bits per heavy atom. The molecule has 0 fully saturated rings. The number of methoxy groups -OCH3 is 2. The van der Waals surface area contributed by atoms with Gasteiger partial charge in [-0.25, -0.2) is 4.79 Å². The van der Waals surface area contributed by atoms with E-state index in [2.05, 4.69) is 10.3 Å². The Kier molecular flexibility index (Phi) is 7.60. The predicted octanol–water partition coefficient (Wildman–Crippen LogP) is 0.295. The zero-order valence-electron chi connectivity index (χ0n) is 14.8. The summed E-state index contributed by atoms with van der Waals surface area (Å²) in [7, 11) is 4.53. The highest BCUT2D eigenvalue weighted by atomic mass is 16.5. The lowest BCUT2D eigenvalue weighted by Crippen LogP contribution is -2.38. The molecule has 0 saturated heterocycles. The van der Waals surface area contributed by atoms with Crippen LogP contribution in [0.3, 0.4) is 0 Å². The van der Waals surface area contributed by atoms with Crippen molar-refractivity contribution >= 4 is 17.7 Å². The Morgan fingerprint density at radius 1 is 1.17 bits per heavy atom. The molecule has 1 heterocycles. The summed E-state index contributed by atoms with van der Waals surface area (Å²) in [6, 6.07) is 0. The maximum atomic E-state index is 12.4. The molecule has 1 amide bonds. The summed E-state index contributed by atoms with van der Waals surface area (Å²) < 4.78 is 9.58. The highest BCUT2D eigenvalue weighted by Gasteiger charge is 2.23. The third-order valence-electron chi connectivity index (χ3n) is 3.56. The summed E-state index contributed by atoms with van der Waals surface area (Å²) in [6.07, 6.45) is 0. The number of H-pyrrole nitrogens is 1. The molecule has 0 radical (unpaired) electrons. The number of ether oxygens (including phenoxy) is 2. The molecule has 0 bridgehead atoms. The lowest BCUT2D eigenvalue weighted by molar-refractivity contribution is -0.122. The van der Waals surface area contributed by atoms with E-state index < -0.39 is 5.97 Å². The molecule has 0 atom stereocenters. The molecule has 0 aliphatic carbocycles. The third-order valence-corrected chi connectivity index (χ3v) is 3.56. The van der Waals surface area contributed by atoms with Crippen molar-refractivity contribution in [1.82, 2.24) is 15.2 Å². The van der Waals surface area contributed by atoms with Crippen molar-refractivity contribution in [1.29, 1.82) is 0 Å². The fraction of sp³-hybridized carbons (Fsp3) is 0.562. The van der Waals surface area contributed by atoms with Crippen molar-refractivity contribution in [2.45, 2.75) is 13.8 Å². The van der Waals surface area contributed by atoms with E-state index in [0.29, 0.717) is 35.7 Å². The minimum Gasteiger partial charge on any atom is -0.465 e. The number of aromatic amines is 1. The molecule has 8 heteroatoms. The van der Waals surface area contributed by atoms with Crippen LogP contribution in [0.1, 0.15) is 32.1 Å². The van der Waals surface area contributed by atoms with Gasteiger partial charge in [0.2, 0.25) is 5.91 Å². The van der Waals surface area contributed by atoms with Crippen LogP contribution in [-0.2, 0) is 14.3 Å². The van der Waals surface area contributed by atoms with E-state index in [-0.39, 0.29) is 24.8 Å². The van der Waals surface area contributed by atoms with Crippen LogP contribution in [0.4, 0.5) is 0 Å². The zero-order chi connectivity index (χ0) is 18.3. The Bertz CT molecular complexity index is 609. The van der Waals surface area contributed by atoms with Crippen molar-refractivity contribution in [3.05, 3.63) is 22.5 Å². The second-order valence-electron chi connectivity index (χ2n) is 5.55. The number of amides is 1. The molecule has 1 aromatic heterocycles.